The van der Waals surface area contributed by atoms with E-state index in [9.17, 15) is 0 Å². The molecule has 1 heterocycles. The quantitative estimate of drug-likeness (QED) is 0.877. The van der Waals surface area contributed by atoms with Gasteiger partial charge < -0.3 is 10.8 Å². The number of halogens is 1. The van der Waals surface area contributed by atoms with Crippen LogP contribution < -0.4 is 5.73 Å². The van der Waals surface area contributed by atoms with Crippen molar-refractivity contribution in [3.63, 3.8) is 0 Å². The van der Waals surface area contributed by atoms with Gasteiger partial charge in [0.1, 0.15) is 0 Å². The number of nitrogens with two attached hydrogens (primary N) is 1. The highest BCUT2D eigenvalue weighted by Gasteiger charge is 2.18. The lowest BCUT2D eigenvalue weighted by atomic mass is 9.97. The molecule has 0 saturated carbocycles. The summed E-state index contributed by atoms with van der Waals surface area (Å²) in [5.41, 5.74) is 6.00. The minimum absolute atomic E-state index is 0.0358. The summed E-state index contributed by atoms with van der Waals surface area (Å²) in [6, 6.07) is 3.97. The van der Waals surface area contributed by atoms with E-state index in [1.54, 1.807) is 11.3 Å². The Kier molecular flexibility index (Phi) is 4.38. The molecule has 0 aliphatic heterocycles. The molecule has 0 radical (unpaired) electrons. The van der Waals surface area contributed by atoms with E-state index in [4.69, 9.17) is 10.8 Å². The van der Waals surface area contributed by atoms with Crippen molar-refractivity contribution in [2.45, 2.75) is 19.4 Å². The second-order valence-electron chi connectivity index (χ2n) is 3.02. The molecule has 2 atom stereocenters. The highest BCUT2D eigenvalue weighted by atomic mass is 79.9. The van der Waals surface area contributed by atoms with Crippen LogP contribution in [0.15, 0.2) is 15.9 Å². The molecule has 0 aliphatic rings. The van der Waals surface area contributed by atoms with Gasteiger partial charge in [-0.3, -0.25) is 0 Å². The zero-order valence-electron chi connectivity index (χ0n) is 7.53. The average Bonchev–Trinajstić information content (AvgIpc) is 2.54. The van der Waals surface area contributed by atoms with Crippen LogP contribution in [0.1, 0.15) is 24.3 Å². The molecule has 1 aromatic heterocycles. The predicted molar refractivity (Wildman–Crippen MR) is 59.8 cm³/mol. The molecule has 0 fully saturated rings. The molecule has 1 aromatic rings. The van der Waals surface area contributed by atoms with Gasteiger partial charge >= 0.3 is 0 Å². The highest BCUT2D eigenvalue weighted by Crippen LogP contribution is 2.30. The van der Waals surface area contributed by atoms with E-state index in [-0.39, 0.29) is 18.6 Å². The predicted octanol–water partition coefficient (Wildman–Crippen LogP) is 2.53. The second-order valence-corrected chi connectivity index (χ2v) is 5.51. The van der Waals surface area contributed by atoms with Crippen molar-refractivity contribution >= 4 is 27.3 Å². The standard InChI is InChI=1S/C9H14BrNOS/c1-2-6(5-12)9(11)7-3-4-8(10)13-7/h3-4,6,9,12H,2,5,11H2,1H3. The monoisotopic (exact) mass is 263 g/mol. The van der Waals surface area contributed by atoms with Crippen molar-refractivity contribution in [1.29, 1.82) is 0 Å². The Morgan fingerprint density at radius 1 is 1.62 bits per heavy atom. The molecule has 2 unspecified atom stereocenters. The molecule has 0 aliphatic carbocycles. The minimum Gasteiger partial charge on any atom is -0.396 e. The molecular formula is C9H14BrNOS. The first kappa shape index (κ1) is 11.2. The average molecular weight is 264 g/mol. The number of hydrogen-bond donors (Lipinski definition) is 2. The third-order valence-electron chi connectivity index (χ3n) is 2.19. The fraction of sp³-hybridized carbons (Fsp3) is 0.556. The fourth-order valence-electron chi connectivity index (χ4n) is 1.24. The van der Waals surface area contributed by atoms with E-state index in [0.29, 0.717) is 0 Å². The molecule has 0 amide bonds. The van der Waals surface area contributed by atoms with Crippen molar-refractivity contribution in [3.8, 4) is 0 Å². The third-order valence-corrected chi connectivity index (χ3v) is 3.91. The van der Waals surface area contributed by atoms with Gasteiger partial charge in [-0.1, -0.05) is 6.92 Å². The van der Waals surface area contributed by atoms with Crippen molar-refractivity contribution in [2.75, 3.05) is 6.61 Å². The molecule has 0 aromatic carbocycles. The lowest BCUT2D eigenvalue weighted by Crippen LogP contribution is -2.22. The van der Waals surface area contributed by atoms with Gasteiger partial charge in [-0.25, -0.2) is 0 Å². The van der Waals surface area contributed by atoms with Crippen LogP contribution in [0.25, 0.3) is 0 Å². The smallest absolute Gasteiger partial charge is 0.0701 e. The molecule has 74 valence electrons. The third kappa shape index (κ3) is 2.77. The Labute approximate surface area is 90.9 Å². The Bertz CT molecular complexity index is 260. The van der Waals surface area contributed by atoms with Crippen molar-refractivity contribution in [2.24, 2.45) is 11.7 Å². The number of hydrogen-bond acceptors (Lipinski definition) is 3. The van der Waals surface area contributed by atoms with E-state index in [0.717, 1.165) is 15.1 Å². The van der Waals surface area contributed by atoms with Crippen LogP contribution in [-0.4, -0.2) is 11.7 Å². The zero-order valence-corrected chi connectivity index (χ0v) is 9.94. The zero-order chi connectivity index (χ0) is 9.84. The van der Waals surface area contributed by atoms with Gasteiger partial charge in [0.15, 0.2) is 0 Å². The topological polar surface area (TPSA) is 46.2 Å². The van der Waals surface area contributed by atoms with E-state index < -0.39 is 0 Å². The van der Waals surface area contributed by atoms with Crippen LogP contribution >= 0.6 is 27.3 Å². The SMILES string of the molecule is CCC(CO)C(N)c1ccc(Br)s1. The maximum atomic E-state index is 9.08. The van der Waals surface area contributed by atoms with Crippen LogP contribution in [0.5, 0.6) is 0 Å². The van der Waals surface area contributed by atoms with Gasteiger partial charge in [0.2, 0.25) is 0 Å². The number of aliphatic hydroxyl groups is 1. The lowest BCUT2D eigenvalue weighted by molar-refractivity contribution is 0.202. The summed E-state index contributed by atoms with van der Waals surface area (Å²) in [5.74, 6) is 0.172. The molecule has 2 nitrogen and oxygen atoms in total. The van der Waals surface area contributed by atoms with Crippen LogP contribution in [0.3, 0.4) is 0 Å². The first-order valence-corrected chi connectivity index (χ1v) is 5.91. The van der Waals surface area contributed by atoms with Crippen molar-refractivity contribution in [1.82, 2.24) is 0 Å². The number of rotatable bonds is 4. The maximum absolute atomic E-state index is 9.08. The van der Waals surface area contributed by atoms with Gasteiger partial charge in [0, 0.05) is 23.4 Å². The molecule has 13 heavy (non-hydrogen) atoms. The highest BCUT2D eigenvalue weighted by molar-refractivity contribution is 9.11. The first-order valence-electron chi connectivity index (χ1n) is 4.30. The largest absolute Gasteiger partial charge is 0.396 e. The van der Waals surface area contributed by atoms with Gasteiger partial charge in [0.05, 0.1) is 3.79 Å². The van der Waals surface area contributed by atoms with E-state index in [2.05, 4.69) is 15.9 Å². The Hall–Kier alpha value is 0.1000. The molecule has 1 rings (SSSR count). The van der Waals surface area contributed by atoms with Gasteiger partial charge in [-0.2, -0.15) is 0 Å². The second kappa shape index (κ2) is 5.10. The Morgan fingerprint density at radius 3 is 2.69 bits per heavy atom. The maximum Gasteiger partial charge on any atom is 0.0701 e. The molecule has 4 heteroatoms. The summed E-state index contributed by atoms with van der Waals surface area (Å²) in [7, 11) is 0. The van der Waals surface area contributed by atoms with Crippen LogP contribution in [0.2, 0.25) is 0 Å². The summed E-state index contributed by atoms with van der Waals surface area (Å²) in [6.07, 6.45) is 0.910. The van der Waals surface area contributed by atoms with Gasteiger partial charge in [0.25, 0.3) is 0 Å². The Balaban J connectivity index is 2.71. The number of thiophene rings is 1. The molecule has 0 bridgehead atoms. The summed E-state index contributed by atoms with van der Waals surface area (Å²) in [5, 5.41) is 9.08. The summed E-state index contributed by atoms with van der Waals surface area (Å²) < 4.78 is 1.09. The van der Waals surface area contributed by atoms with E-state index in [1.807, 2.05) is 19.1 Å². The summed E-state index contributed by atoms with van der Waals surface area (Å²) in [4.78, 5) is 1.13. The van der Waals surface area contributed by atoms with Crippen molar-refractivity contribution < 1.29 is 5.11 Å². The molecule has 0 saturated heterocycles. The van der Waals surface area contributed by atoms with Gasteiger partial charge in [-0.15, -0.1) is 11.3 Å². The van der Waals surface area contributed by atoms with Crippen LogP contribution in [-0.2, 0) is 0 Å². The first-order chi connectivity index (χ1) is 6.19. The summed E-state index contributed by atoms with van der Waals surface area (Å²) >= 11 is 5.03. The summed E-state index contributed by atoms with van der Waals surface area (Å²) in [6.45, 7) is 2.20. The van der Waals surface area contributed by atoms with Crippen LogP contribution in [0, 0.1) is 5.92 Å². The Morgan fingerprint density at radius 2 is 2.31 bits per heavy atom. The number of aliphatic hydroxyl groups excluding tert-OH is 1. The molecule has 0 spiro atoms. The molecule has 3 N–H and O–H groups in total. The van der Waals surface area contributed by atoms with E-state index >= 15 is 0 Å². The van der Waals surface area contributed by atoms with Gasteiger partial charge in [-0.05, 0) is 34.5 Å². The van der Waals surface area contributed by atoms with E-state index in [1.165, 1.54) is 0 Å². The van der Waals surface area contributed by atoms with Crippen LogP contribution in [0.4, 0.5) is 0 Å². The molecular weight excluding hydrogens is 250 g/mol. The fourth-order valence-corrected chi connectivity index (χ4v) is 2.76. The normalized spacial score (nSPS) is 15.7. The minimum atomic E-state index is -0.0358. The lowest BCUT2D eigenvalue weighted by Gasteiger charge is -2.18. The van der Waals surface area contributed by atoms with Crippen molar-refractivity contribution in [3.05, 3.63) is 20.8 Å².